The molecule has 0 spiro atoms. The predicted molar refractivity (Wildman–Crippen MR) is 41.7 cm³/mol. The fraction of sp³-hybridized carbons (Fsp3) is 0.600. The van der Waals surface area contributed by atoms with Gasteiger partial charge < -0.3 is 5.32 Å². The van der Waals surface area contributed by atoms with Crippen molar-refractivity contribution in [2.24, 2.45) is 5.10 Å². The SMILES string of the molecule is CNC(=O)CN1CSC=N1. The average molecular weight is 159 g/mol. The van der Waals surface area contributed by atoms with Gasteiger partial charge >= 0.3 is 0 Å². The van der Waals surface area contributed by atoms with Crippen LogP contribution >= 0.6 is 11.8 Å². The number of hydrazone groups is 1. The Morgan fingerprint density at radius 1 is 2.00 bits per heavy atom. The molecule has 1 heterocycles. The van der Waals surface area contributed by atoms with Gasteiger partial charge in [0, 0.05) is 7.05 Å². The molecule has 56 valence electrons. The summed E-state index contributed by atoms with van der Waals surface area (Å²) in [7, 11) is 1.62. The van der Waals surface area contributed by atoms with Crippen molar-refractivity contribution in [2.75, 3.05) is 19.5 Å². The van der Waals surface area contributed by atoms with E-state index in [1.54, 1.807) is 29.4 Å². The van der Waals surface area contributed by atoms with E-state index in [1.165, 1.54) is 0 Å². The molecular formula is C5H9N3OS. The minimum Gasteiger partial charge on any atom is -0.358 e. The van der Waals surface area contributed by atoms with E-state index in [1.807, 2.05) is 0 Å². The maximum absolute atomic E-state index is 10.7. The van der Waals surface area contributed by atoms with Crippen molar-refractivity contribution in [3.05, 3.63) is 0 Å². The molecule has 1 rings (SSSR count). The Kier molecular flexibility index (Phi) is 2.56. The number of hydrogen-bond donors (Lipinski definition) is 1. The first-order chi connectivity index (χ1) is 4.83. The zero-order valence-corrected chi connectivity index (χ0v) is 6.52. The van der Waals surface area contributed by atoms with Gasteiger partial charge in [0.1, 0.15) is 6.54 Å². The van der Waals surface area contributed by atoms with Crippen LogP contribution in [0.2, 0.25) is 0 Å². The molecule has 0 unspecified atom stereocenters. The predicted octanol–water partition coefficient (Wildman–Crippen LogP) is -0.318. The second kappa shape index (κ2) is 3.46. The van der Waals surface area contributed by atoms with Gasteiger partial charge in [-0.2, -0.15) is 5.10 Å². The fourth-order valence-corrected chi connectivity index (χ4v) is 1.18. The van der Waals surface area contributed by atoms with Crippen molar-refractivity contribution in [2.45, 2.75) is 0 Å². The van der Waals surface area contributed by atoms with Crippen LogP contribution in [0.1, 0.15) is 0 Å². The summed E-state index contributed by atoms with van der Waals surface area (Å²) < 4.78 is 0. The summed E-state index contributed by atoms with van der Waals surface area (Å²) in [4.78, 5) is 10.7. The molecule has 0 bridgehead atoms. The molecular weight excluding hydrogens is 150 g/mol. The Morgan fingerprint density at radius 2 is 2.80 bits per heavy atom. The number of rotatable bonds is 2. The Morgan fingerprint density at radius 3 is 3.30 bits per heavy atom. The Balaban J connectivity index is 2.24. The highest BCUT2D eigenvalue weighted by atomic mass is 32.2. The topological polar surface area (TPSA) is 44.7 Å². The minimum atomic E-state index is -0.000324. The number of carbonyl (C=O) groups is 1. The third kappa shape index (κ3) is 1.91. The van der Waals surface area contributed by atoms with Crippen molar-refractivity contribution in [1.82, 2.24) is 10.3 Å². The van der Waals surface area contributed by atoms with E-state index in [0.717, 1.165) is 5.88 Å². The number of carbonyl (C=O) groups excluding carboxylic acids is 1. The third-order valence-corrected chi connectivity index (χ3v) is 1.80. The second-order valence-electron chi connectivity index (χ2n) is 1.85. The van der Waals surface area contributed by atoms with E-state index in [-0.39, 0.29) is 5.91 Å². The molecule has 0 aromatic carbocycles. The lowest BCUT2D eigenvalue weighted by atomic mass is 10.6. The Hall–Kier alpha value is -0.710. The first-order valence-corrected chi connectivity index (χ1v) is 3.97. The van der Waals surface area contributed by atoms with Crippen LogP contribution < -0.4 is 5.32 Å². The van der Waals surface area contributed by atoms with E-state index in [9.17, 15) is 4.79 Å². The van der Waals surface area contributed by atoms with Gasteiger partial charge in [0.25, 0.3) is 0 Å². The Bertz CT molecular complexity index is 159. The number of hydrogen-bond acceptors (Lipinski definition) is 4. The van der Waals surface area contributed by atoms with E-state index in [2.05, 4.69) is 10.4 Å². The molecule has 1 aliphatic heterocycles. The number of amides is 1. The van der Waals surface area contributed by atoms with Crippen molar-refractivity contribution in [3.63, 3.8) is 0 Å². The quantitative estimate of drug-likeness (QED) is 0.600. The first kappa shape index (κ1) is 7.40. The molecule has 4 nitrogen and oxygen atoms in total. The molecule has 0 radical (unpaired) electrons. The smallest absolute Gasteiger partial charge is 0.241 e. The van der Waals surface area contributed by atoms with E-state index >= 15 is 0 Å². The van der Waals surface area contributed by atoms with Crippen LogP contribution in [0.25, 0.3) is 0 Å². The van der Waals surface area contributed by atoms with Crippen LogP contribution in [-0.2, 0) is 4.79 Å². The van der Waals surface area contributed by atoms with Crippen LogP contribution in [0, 0.1) is 0 Å². The Labute approximate surface area is 63.7 Å². The molecule has 10 heavy (non-hydrogen) atoms. The molecule has 0 saturated carbocycles. The maximum atomic E-state index is 10.7. The molecule has 0 saturated heterocycles. The lowest BCUT2D eigenvalue weighted by molar-refractivity contribution is -0.121. The normalized spacial score (nSPS) is 15.9. The molecule has 0 fully saturated rings. The zero-order valence-electron chi connectivity index (χ0n) is 5.70. The van der Waals surface area contributed by atoms with Crippen LogP contribution in [0.15, 0.2) is 5.10 Å². The highest BCUT2D eigenvalue weighted by Crippen LogP contribution is 2.08. The zero-order chi connectivity index (χ0) is 7.40. The largest absolute Gasteiger partial charge is 0.358 e. The summed E-state index contributed by atoms with van der Waals surface area (Å²) >= 11 is 1.59. The summed E-state index contributed by atoms with van der Waals surface area (Å²) in [6, 6.07) is 0. The fourth-order valence-electron chi connectivity index (χ4n) is 0.584. The minimum absolute atomic E-state index is 0.000324. The lowest BCUT2D eigenvalue weighted by Crippen LogP contribution is -2.30. The summed E-state index contributed by atoms with van der Waals surface area (Å²) in [5, 5.41) is 8.17. The molecule has 0 atom stereocenters. The first-order valence-electron chi connectivity index (χ1n) is 2.92. The molecule has 0 aliphatic carbocycles. The third-order valence-electron chi connectivity index (χ3n) is 1.11. The average Bonchev–Trinajstić information content (AvgIpc) is 2.40. The molecule has 1 N–H and O–H groups in total. The van der Waals surface area contributed by atoms with Gasteiger partial charge in [-0.05, 0) is 0 Å². The standard InChI is InChI=1S/C5H9N3OS/c1-6-5(9)2-8-4-10-3-7-8/h3H,2,4H2,1H3,(H,6,9). The van der Waals surface area contributed by atoms with Gasteiger partial charge in [0.2, 0.25) is 5.91 Å². The number of nitrogens with zero attached hydrogens (tertiary/aromatic N) is 2. The summed E-state index contributed by atoms with van der Waals surface area (Å²) in [6.07, 6.45) is 0. The summed E-state index contributed by atoms with van der Waals surface area (Å²) in [6.45, 7) is 0.361. The van der Waals surface area contributed by atoms with Crippen molar-refractivity contribution in [1.29, 1.82) is 0 Å². The summed E-state index contributed by atoms with van der Waals surface area (Å²) in [5.41, 5.74) is 1.74. The van der Waals surface area contributed by atoms with Gasteiger partial charge in [0.05, 0.1) is 11.4 Å². The van der Waals surface area contributed by atoms with Gasteiger partial charge in [-0.15, -0.1) is 0 Å². The molecule has 1 amide bonds. The van der Waals surface area contributed by atoms with Gasteiger partial charge in [-0.3, -0.25) is 9.80 Å². The van der Waals surface area contributed by atoms with Crippen LogP contribution in [0.3, 0.4) is 0 Å². The number of nitrogens with one attached hydrogen (secondary N) is 1. The van der Waals surface area contributed by atoms with E-state index in [0.29, 0.717) is 6.54 Å². The van der Waals surface area contributed by atoms with E-state index in [4.69, 9.17) is 0 Å². The van der Waals surface area contributed by atoms with Gasteiger partial charge in [0.15, 0.2) is 0 Å². The van der Waals surface area contributed by atoms with E-state index < -0.39 is 0 Å². The van der Waals surface area contributed by atoms with Crippen molar-refractivity contribution < 1.29 is 4.79 Å². The van der Waals surface area contributed by atoms with Gasteiger partial charge in [-0.1, -0.05) is 11.8 Å². The number of likely N-dealkylation sites (N-methyl/N-ethyl adjacent to an activating group) is 1. The maximum Gasteiger partial charge on any atom is 0.241 e. The lowest BCUT2D eigenvalue weighted by Gasteiger charge is -2.10. The highest BCUT2D eigenvalue weighted by molar-refractivity contribution is 8.12. The number of thioether (sulfide) groups is 1. The monoisotopic (exact) mass is 159 g/mol. The van der Waals surface area contributed by atoms with Crippen LogP contribution in [-0.4, -0.2) is 35.9 Å². The van der Waals surface area contributed by atoms with Crippen LogP contribution in [0.4, 0.5) is 0 Å². The highest BCUT2D eigenvalue weighted by Gasteiger charge is 2.08. The summed E-state index contributed by atoms with van der Waals surface area (Å²) in [5.74, 6) is 0.785. The van der Waals surface area contributed by atoms with Crippen molar-refractivity contribution >= 4 is 23.2 Å². The molecule has 0 aromatic rings. The molecule has 0 aromatic heterocycles. The second-order valence-corrected chi connectivity index (χ2v) is 2.66. The van der Waals surface area contributed by atoms with Crippen LogP contribution in [0.5, 0.6) is 0 Å². The van der Waals surface area contributed by atoms with Gasteiger partial charge in [-0.25, -0.2) is 0 Å². The molecule has 1 aliphatic rings. The van der Waals surface area contributed by atoms with Crippen molar-refractivity contribution in [3.8, 4) is 0 Å². The molecule has 5 heteroatoms.